The number of hydrogen-bond acceptors (Lipinski definition) is 4. The molecule has 0 saturated heterocycles. The van der Waals surface area contributed by atoms with E-state index in [9.17, 15) is 0 Å². The van der Waals surface area contributed by atoms with Crippen LogP contribution in [0.25, 0.3) is 10.4 Å². The summed E-state index contributed by atoms with van der Waals surface area (Å²) in [5.41, 5.74) is 7.73. The third-order valence-electron chi connectivity index (χ3n) is 0.479. The predicted octanol–water partition coefficient (Wildman–Crippen LogP) is 0.898. The Balaban J connectivity index is 3.50. The van der Waals surface area contributed by atoms with Gasteiger partial charge in [-0.15, -0.1) is 0 Å². The fraction of sp³-hybridized carbons (Fsp3) is 0.333. The molecule has 0 unspecified atom stereocenters. The molecule has 0 aromatic heterocycles. The van der Waals surface area contributed by atoms with E-state index < -0.39 is 0 Å². The van der Waals surface area contributed by atoms with Gasteiger partial charge in [-0.25, -0.2) is 0 Å². The highest BCUT2D eigenvalue weighted by atomic mass is 16.5. The van der Waals surface area contributed by atoms with E-state index in [1.54, 1.807) is 0 Å². The molecule has 0 rings (SSSR count). The Morgan fingerprint density at radius 3 is 3.00 bits per heavy atom. The zero-order valence-electron chi connectivity index (χ0n) is 4.53. The SMILES string of the molecule is [N-]=[N+]=NCC(=N)OC=N. The van der Waals surface area contributed by atoms with Crippen molar-refractivity contribution < 1.29 is 4.74 Å². The minimum Gasteiger partial charge on any atom is -0.432 e. The summed E-state index contributed by atoms with van der Waals surface area (Å²) in [6.45, 7) is -0.147. The first-order valence-corrected chi connectivity index (χ1v) is 2.05. The van der Waals surface area contributed by atoms with Gasteiger partial charge in [0.15, 0.2) is 12.3 Å². The minimum absolute atomic E-state index is 0.147. The predicted molar refractivity (Wildman–Crippen MR) is 31.6 cm³/mol. The lowest BCUT2D eigenvalue weighted by Gasteiger charge is -1.92. The highest BCUT2D eigenvalue weighted by Gasteiger charge is 1.89. The summed E-state index contributed by atoms with van der Waals surface area (Å²) >= 11 is 0. The number of azide groups is 1. The molecule has 0 saturated carbocycles. The van der Waals surface area contributed by atoms with Gasteiger partial charge in [0.05, 0.1) is 0 Å². The molecule has 48 valence electrons. The van der Waals surface area contributed by atoms with Gasteiger partial charge < -0.3 is 4.74 Å². The average molecular weight is 127 g/mol. The molecule has 0 atom stereocenters. The summed E-state index contributed by atoms with van der Waals surface area (Å²) in [7, 11) is 0. The molecule has 0 amide bonds. The topological polar surface area (TPSA) is 106 Å². The maximum atomic E-state index is 7.73. The second kappa shape index (κ2) is 4.61. The molecule has 0 aromatic carbocycles. The Morgan fingerprint density at radius 2 is 2.56 bits per heavy atom. The van der Waals surface area contributed by atoms with Crippen LogP contribution in [0.4, 0.5) is 0 Å². The summed E-state index contributed by atoms with van der Waals surface area (Å²) < 4.78 is 4.20. The third kappa shape index (κ3) is 4.30. The molecule has 0 aliphatic carbocycles. The van der Waals surface area contributed by atoms with E-state index in [-0.39, 0.29) is 12.4 Å². The lowest BCUT2D eigenvalue weighted by atomic mass is 10.7. The largest absolute Gasteiger partial charge is 0.432 e. The molecule has 0 spiro atoms. The van der Waals surface area contributed by atoms with Crippen LogP contribution in [-0.4, -0.2) is 18.8 Å². The zero-order chi connectivity index (χ0) is 7.11. The van der Waals surface area contributed by atoms with Crippen molar-refractivity contribution in [2.45, 2.75) is 0 Å². The summed E-state index contributed by atoms with van der Waals surface area (Å²) in [4.78, 5) is 2.39. The van der Waals surface area contributed by atoms with Crippen molar-refractivity contribution in [2.75, 3.05) is 6.54 Å². The number of rotatable bonds is 3. The molecule has 9 heavy (non-hydrogen) atoms. The van der Waals surface area contributed by atoms with E-state index in [4.69, 9.17) is 16.3 Å². The summed E-state index contributed by atoms with van der Waals surface area (Å²) in [6.07, 6.45) is 0.606. The minimum atomic E-state index is -0.234. The second-order valence-corrected chi connectivity index (χ2v) is 1.05. The van der Waals surface area contributed by atoms with Crippen molar-refractivity contribution in [3.05, 3.63) is 10.4 Å². The van der Waals surface area contributed by atoms with Crippen molar-refractivity contribution in [2.24, 2.45) is 5.11 Å². The number of nitrogens with zero attached hydrogens (tertiary/aromatic N) is 3. The first-order valence-electron chi connectivity index (χ1n) is 2.05. The van der Waals surface area contributed by atoms with Gasteiger partial charge in [0.1, 0.15) is 6.54 Å². The normalized spacial score (nSPS) is 7.11. The van der Waals surface area contributed by atoms with Gasteiger partial charge in [-0.3, -0.25) is 10.8 Å². The van der Waals surface area contributed by atoms with Crippen molar-refractivity contribution in [3.63, 3.8) is 0 Å². The van der Waals surface area contributed by atoms with E-state index in [1.165, 1.54) is 0 Å². The van der Waals surface area contributed by atoms with Crippen molar-refractivity contribution in [3.8, 4) is 0 Å². The molecule has 0 bridgehead atoms. The maximum Gasteiger partial charge on any atom is 0.194 e. The molecular formula is C3H5N5O. The Labute approximate surface area is 51.1 Å². The van der Waals surface area contributed by atoms with Crippen LogP contribution in [0.5, 0.6) is 0 Å². The Bertz CT molecular complexity index is 158. The highest BCUT2D eigenvalue weighted by Crippen LogP contribution is 1.76. The molecule has 0 aliphatic rings. The van der Waals surface area contributed by atoms with Gasteiger partial charge in [-0.2, -0.15) is 0 Å². The fourth-order valence-electron chi connectivity index (χ4n) is 0.204. The molecule has 0 heterocycles. The lowest BCUT2D eigenvalue weighted by molar-refractivity contribution is 0.547. The molecule has 0 fully saturated rings. The zero-order valence-corrected chi connectivity index (χ0v) is 4.53. The maximum absolute atomic E-state index is 7.73. The van der Waals surface area contributed by atoms with Crippen molar-refractivity contribution in [1.29, 1.82) is 10.8 Å². The smallest absolute Gasteiger partial charge is 0.194 e. The monoisotopic (exact) mass is 127 g/mol. The van der Waals surface area contributed by atoms with E-state index >= 15 is 0 Å². The number of hydrogen-bond donors (Lipinski definition) is 2. The van der Waals surface area contributed by atoms with E-state index in [0.29, 0.717) is 6.40 Å². The average Bonchev–Trinajstić information content (AvgIpc) is 1.85. The molecule has 0 aromatic rings. The van der Waals surface area contributed by atoms with Crippen LogP contribution in [0.3, 0.4) is 0 Å². The van der Waals surface area contributed by atoms with Crippen LogP contribution in [0, 0.1) is 10.8 Å². The first kappa shape index (κ1) is 7.45. The molecule has 0 aliphatic heterocycles. The van der Waals surface area contributed by atoms with Crippen LogP contribution in [0.2, 0.25) is 0 Å². The quantitative estimate of drug-likeness (QED) is 0.190. The van der Waals surface area contributed by atoms with E-state index in [0.717, 1.165) is 0 Å². The lowest BCUT2D eigenvalue weighted by Crippen LogP contribution is -2.03. The highest BCUT2D eigenvalue weighted by molar-refractivity contribution is 5.81. The van der Waals surface area contributed by atoms with Crippen LogP contribution in [-0.2, 0) is 4.74 Å². The Morgan fingerprint density at radius 1 is 1.89 bits per heavy atom. The molecule has 6 nitrogen and oxygen atoms in total. The van der Waals surface area contributed by atoms with Crippen LogP contribution in [0.1, 0.15) is 0 Å². The summed E-state index contributed by atoms with van der Waals surface area (Å²) in [5, 5.41) is 16.1. The Hall–Kier alpha value is -1.55. The molecular weight excluding hydrogens is 122 g/mol. The van der Waals surface area contributed by atoms with E-state index in [1.807, 2.05) is 0 Å². The molecule has 6 heteroatoms. The van der Waals surface area contributed by atoms with Gasteiger partial charge >= 0.3 is 0 Å². The molecule has 0 radical (unpaired) electrons. The third-order valence-corrected chi connectivity index (χ3v) is 0.479. The molecule has 2 N–H and O–H groups in total. The van der Waals surface area contributed by atoms with Crippen molar-refractivity contribution in [1.82, 2.24) is 0 Å². The van der Waals surface area contributed by atoms with E-state index in [2.05, 4.69) is 14.8 Å². The summed E-state index contributed by atoms with van der Waals surface area (Å²) in [5.74, 6) is -0.234. The Kier molecular flexibility index (Phi) is 3.81. The van der Waals surface area contributed by atoms with Gasteiger partial charge in [0, 0.05) is 4.91 Å². The van der Waals surface area contributed by atoms with Crippen molar-refractivity contribution >= 4 is 12.3 Å². The number of nitrogens with one attached hydrogen (secondary N) is 2. The van der Waals surface area contributed by atoms with Gasteiger partial charge in [0.25, 0.3) is 0 Å². The second-order valence-electron chi connectivity index (χ2n) is 1.05. The van der Waals surface area contributed by atoms with Gasteiger partial charge in [-0.05, 0) is 5.53 Å². The standard InChI is InChI=1S/C3H5N5O/c4-2-9-3(5)1-7-8-6/h2,4-5H,1H2. The van der Waals surface area contributed by atoms with Gasteiger partial charge in [0.2, 0.25) is 0 Å². The van der Waals surface area contributed by atoms with Crippen LogP contribution in [0.15, 0.2) is 5.11 Å². The fourth-order valence-corrected chi connectivity index (χ4v) is 0.204. The van der Waals surface area contributed by atoms with Crippen LogP contribution >= 0.6 is 0 Å². The summed E-state index contributed by atoms with van der Waals surface area (Å²) in [6, 6.07) is 0. The van der Waals surface area contributed by atoms with Crippen LogP contribution < -0.4 is 0 Å². The van der Waals surface area contributed by atoms with Gasteiger partial charge in [-0.1, -0.05) is 5.11 Å². The first-order chi connectivity index (χ1) is 4.31. The number of ether oxygens (including phenoxy) is 1.